The molecular weight excluding hydrogens is 298 g/mol. The summed E-state index contributed by atoms with van der Waals surface area (Å²) in [5.41, 5.74) is 3.69. The Morgan fingerprint density at radius 3 is 2.65 bits per heavy atom. The van der Waals surface area contributed by atoms with Gasteiger partial charge in [-0.3, -0.25) is 4.79 Å². The first-order valence-corrected chi connectivity index (χ1v) is 9.40. The van der Waals surface area contributed by atoms with Crippen LogP contribution in [0.5, 0.6) is 0 Å². The summed E-state index contributed by atoms with van der Waals surface area (Å²) >= 11 is 3.24. The second kappa shape index (κ2) is 5.43. The molecule has 0 aromatic carbocycles. The zero-order valence-electron chi connectivity index (χ0n) is 10.3. The zero-order valence-corrected chi connectivity index (χ0v) is 12.8. The quantitative estimate of drug-likeness (QED) is 0.640. The van der Waals surface area contributed by atoms with E-state index in [1.807, 2.05) is 0 Å². The molecule has 1 amide bonds. The molecule has 0 spiro atoms. The van der Waals surface area contributed by atoms with Crippen LogP contribution >= 0.6 is 15.9 Å². The van der Waals surface area contributed by atoms with Crippen molar-refractivity contribution in [3.05, 3.63) is 16.5 Å². The zero-order chi connectivity index (χ0) is 13.1. The molecule has 0 fully saturated rings. The van der Waals surface area contributed by atoms with Crippen LogP contribution in [0.2, 0.25) is 19.6 Å². The number of carbonyl (C=O) groups is 1. The van der Waals surface area contributed by atoms with Crippen LogP contribution in [0.15, 0.2) is 10.8 Å². The average Bonchev–Trinajstić information content (AvgIpc) is 2.16. The lowest BCUT2D eigenvalue weighted by Crippen LogP contribution is -2.17. The van der Waals surface area contributed by atoms with Crippen molar-refractivity contribution >= 4 is 35.7 Å². The SMILES string of the molecule is CC(=O)Nc1ncc(Br)nc1C#C[Si](C)(C)C. The number of nitrogens with zero attached hydrogens (tertiary/aromatic N) is 2. The third-order valence-electron chi connectivity index (χ3n) is 1.59. The number of rotatable bonds is 1. The van der Waals surface area contributed by atoms with Gasteiger partial charge in [0.1, 0.15) is 12.7 Å². The van der Waals surface area contributed by atoms with Crippen molar-refractivity contribution in [3.63, 3.8) is 0 Å². The molecule has 0 aliphatic heterocycles. The minimum atomic E-state index is -1.48. The highest BCUT2D eigenvalue weighted by Gasteiger charge is 2.10. The Balaban J connectivity index is 3.14. The monoisotopic (exact) mass is 311 g/mol. The molecule has 1 N–H and O–H groups in total. The first-order valence-electron chi connectivity index (χ1n) is 5.11. The molecule has 0 aliphatic carbocycles. The summed E-state index contributed by atoms with van der Waals surface area (Å²) in [5.74, 6) is 3.22. The lowest BCUT2D eigenvalue weighted by atomic mass is 10.4. The number of nitrogens with one attached hydrogen (secondary N) is 1. The second-order valence-electron chi connectivity index (χ2n) is 4.57. The van der Waals surface area contributed by atoms with E-state index in [9.17, 15) is 4.79 Å². The van der Waals surface area contributed by atoms with Gasteiger partial charge in [-0.1, -0.05) is 25.6 Å². The number of anilines is 1. The van der Waals surface area contributed by atoms with Crippen LogP contribution < -0.4 is 5.32 Å². The van der Waals surface area contributed by atoms with Crippen molar-refractivity contribution in [1.29, 1.82) is 0 Å². The highest BCUT2D eigenvalue weighted by Crippen LogP contribution is 2.13. The van der Waals surface area contributed by atoms with Crippen LogP contribution in [0.1, 0.15) is 12.6 Å². The number of halogens is 1. The fraction of sp³-hybridized carbons (Fsp3) is 0.364. The van der Waals surface area contributed by atoms with Gasteiger partial charge in [0.15, 0.2) is 11.5 Å². The molecule has 0 unspecified atom stereocenters. The summed E-state index contributed by atoms with van der Waals surface area (Å²) in [4.78, 5) is 19.3. The predicted molar refractivity (Wildman–Crippen MR) is 74.3 cm³/mol. The number of carbonyl (C=O) groups excluding carboxylic acids is 1. The smallest absolute Gasteiger partial charge is 0.222 e. The third kappa shape index (κ3) is 5.11. The molecule has 90 valence electrons. The minimum Gasteiger partial charge on any atom is -0.309 e. The molecule has 1 rings (SSSR count). The molecule has 0 bridgehead atoms. The van der Waals surface area contributed by atoms with Crippen molar-refractivity contribution in [3.8, 4) is 11.5 Å². The van der Waals surface area contributed by atoms with Gasteiger partial charge in [-0.2, -0.15) is 0 Å². The normalized spacial score (nSPS) is 10.4. The van der Waals surface area contributed by atoms with Crippen LogP contribution in [0.25, 0.3) is 0 Å². The molecule has 0 atom stereocenters. The van der Waals surface area contributed by atoms with Crippen LogP contribution in [0, 0.1) is 11.5 Å². The van der Waals surface area contributed by atoms with Gasteiger partial charge in [-0.05, 0) is 15.9 Å². The second-order valence-corrected chi connectivity index (χ2v) is 10.1. The number of hydrogen-bond donors (Lipinski definition) is 1. The molecule has 0 radical (unpaired) electrons. The summed E-state index contributed by atoms with van der Waals surface area (Å²) in [7, 11) is -1.48. The van der Waals surface area contributed by atoms with E-state index in [4.69, 9.17) is 0 Å². The largest absolute Gasteiger partial charge is 0.309 e. The summed E-state index contributed by atoms with van der Waals surface area (Å²) < 4.78 is 0.603. The van der Waals surface area contributed by atoms with E-state index in [1.54, 1.807) is 0 Å². The third-order valence-corrected chi connectivity index (χ3v) is 2.85. The minimum absolute atomic E-state index is 0.183. The Morgan fingerprint density at radius 1 is 1.47 bits per heavy atom. The van der Waals surface area contributed by atoms with Gasteiger partial charge in [-0.15, -0.1) is 5.54 Å². The van der Waals surface area contributed by atoms with Gasteiger partial charge < -0.3 is 5.32 Å². The van der Waals surface area contributed by atoms with E-state index in [0.717, 1.165) is 0 Å². The number of hydrogen-bond acceptors (Lipinski definition) is 3. The Morgan fingerprint density at radius 2 is 2.12 bits per heavy atom. The van der Waals surface area contributed by atoms with Gasteiger partial charge >= 0.3 is 0 Å². The van der Waals surface area contributed by atoms with Crippen molar-refractivity contribution in [2.24, 2.45) is 0 Å². The Labute approximate surface area is 110 Å². The molecular formula is C11H14BrN3OSi. The maximum absolute atomic E-state index is 11.0. The van der Waals surface area contributed by atoms with Crippen LogP contribution in [0.4, 0.5) is 5.82 Å². The summed E-state index contributed by atoms with van der Waals surface area (Å²) in [5, 5.41) is 2.62. The maximum atomic E-state index is 11.0. The fourth-order valence-corrected chi connectivity index (χ4v) is 1.73. The van der Waals surface area contributed by atoms with Crippen LogP contribution in [-0.4, -0.2) is 23.9 Å². The summed E-state index contributed by atoms with van der Waals surface area (Å²) in [6.07, 6.45) is 1.53. The summed E-state index contributed by atoms with van der Waals surface area (Å²) in [6.45, 7) is 7.86. The molecule has 1 heterocycles. The van der Waals surface area contributed by atoms with E-state index >= 15 is 0 Å². The first-order chi connectivity index (χ1) is 7.78. The average molecular weight is 312 g/mol. The molecule has 0 saturated carbocycles. The molecule has 6 heteroatoms. The van der Waals surface area contributed by atoms with Gasteiger partial charge in [0.05, 0.1) is 6.20 Å². The molecule has 1 aromatic rings. The molecule has 0 aliphatic rings. The van der Waals surface area contributed by atoms with E-state index < -0.39 is 8.07 Å². The van der Waals surface area contributed by atoms with Gasteiger partial charge in [0.2, 0.25) is 5.91 Å². The molecule has 1 aromatic heterocycles. The van der Waals surface area contributed by atoms with E-state index in [1.165, 1.54) is 13.1 Å². The van der Waals surface area contributed by atoms with Gasteiger partial charge in [0, 0.05) is 6.92 Å². The van der Waals surface area contributed by atoms with Crippen LogP contribution in [-0.2, 0) is 4.79 Å². The van der Waals surface area contributed by atoms with Crippen molar-refractivity contribution in [2.75, 3.05) is 5.32 Å². The molecule has 0 saturated heterocycles. The highest BCUT2D eigenvalue weighted by atomic mass is 79.9. The van der Waals surface area contributed by atoms with Crippen molar-refractivity contribution < 1.29 is 4.79 Å². The standard InChI is InChI=1S/C11H14BrN3OSi/c1-8(16)14-11-9(5-6-17(2,3)4)15-10(12)7-13-11/h7H,1-4H3,(H,13,14,16). The maximum Gasteiger partial charge on any atom is 0.222 e. The lowest BCUT2D eigenvalue weighted by molar-refractivity contribution is -0.114. The van der Waals surface area contributed by atoms with E-state index in [2.05, 4.69) is 62.3 Å². The van der Waals surface area contributed by atoms with Gasteiger partial charge in [-0.25, -0.2) is 9.97 Å². The Bertz CT molecular complexity index is 500. The fourth-order valence-electron chi connectivity index (χ4n) is 0.960. The summed E-state index contributed by atoms with van der Waals surface area (Å²) in [6, 6.07) is 0. The Kier molecular flexibility index (Phi) is 4.43. The first kappa shape index (κ1) is 13.9. The molecule has 17 heavy (non-hydrogen) atoms. The Hall–Kier alpha value is -1.19. The lowest BCUT2D eigenvalue weighted by Gasteiger charge is -2.05. The number of aromatic nitrogens is 2. The van der Waals surface area contributed by atoms with Crippen LogP contribution in [0.3, 0.4) is 0 Å². The topological polar surface area (TPSA) is 54.9 Å². The highest BCUT2D eigenvalue weighted by molar-refractivity contribution is 9.10. The van der Waals surface area contributed by atoms with Crippen molar-refractivity contribution in [2.45, 2.75) is 26.6 Å². The molecule has 4 nitrogen and oxygen atoms in total. The predicted octanol–water partition coefficient (Wildman–Crippen LogP) is 2.43. The van der Waals surface area contributed by atoms with E-state index in [-0.39, 0.29) is 5.91 Å². The van der Waals surface area contributed by atoms with E-state index in [0.29, 0.717) is 16.1 Å². The van der Waals surface area contributed by atoms with Gasteiger partial charge in [0.25, 0.3) is 0 Å². The number of amides is 1. The van der Waals surface area contributed by atoms with Crippen molar-refractivity contribution in [1.82, 2.24) is 9.97 Å².